The Balaban J connectivity index is 1.49. The zero-order chi connectivity index (χ0) is 34.7. The summed E-state index contributed by atoms with van der Waals surface area (Å²) in [5, 5.41) is 10.7. The number of esters is 1. The molecule has 0 radical (unpaired) electrons. The second-order valence-corrected chi connectivity index (χ2v) is 13.3. The Hall–Kier alpha value is -3.99. The number of carbonyl (C=O) groups excluding carboxylic acids is 4. The molecule has 3 aliphatic heterocycles. The van der Waals surface area contributed by atoms with E-state index in [1.807, 2.05) is 37.3 Å². The number of aliphatic hydroxyl groups is 1. The minimum atomic E-state index is -1.30. The average molecular weight is 678 g/mol. The van der Waals surface area contributed by atoms with Crippen molar-refractivity contribution in [3.63, 3.8) is 0 Å². The number of hydrogen-bond acceptors (Lipinski definition) is 7. The fourth-order valence-electron chi connectivity index (χ4n) is 7.54. The van der Waals surface area contributed by atoms with Gasteiger partial charge in [0, 0.05) is 30.7 Å². The van der Waals surface area contributed by atoms with Gasteiger partial charge in [0.05, 0.1) is 36.6 Å². The van der Waals surface area contributed by atoms with Gasteiger partial charge in [-0.25, -0.2) is 0 Å². The van der Waals surface area contributed by atoms with Crippen molar-refractivity contribution in [1.82, 2.24) is 9.80 Å². The number of benzene rings is 2. The summed E-state index contributed by atoms with van der Waals surface area (Å²) in [7, 11) is 1.68. The number of likely N-dealkylation sites (tertiary alicyclic amines) is 1. The van der Waals surface area contributed by atoms with Crippen molar-refractivity contribution < 1.29 is 33.8 Å². The number of amides is 3. The summed E-state index contributed by atoms with van der Waals surface area (Å²) in [6.07, 6.45) is 3.41. The second-order valence-electron chi connectivity index (χ2n) is 12.9. The maximum Gasteiger partial charge on any atom is 0.313 e. The Morgan fingerprint density at radius 1 is 1.12 bits per heavy atom. The number of likely N-dealkylation sites (N-methyl/N-ethyl adjacent to an activating group) is 1. The quantitative estimate of drug-likeness (QED) is 0.227. The Kier molecular flexibility index (Phi) is 10.8. The highest BCUT2D eigenvalue weighted by Gasteiger charge is 2.75. The first kappa shape index (κ1) is 35.3. The molecule has 1 N–H and O–H groups in total. The standard InChI is InChI=1S/C37H44ClN3O7/c1-6-8-14-29(43)39(5)24(4)32(25-12-10-9-11-13-25)47-36(46)30-28-19-20-37(48-28)31(30)34(44)41(23(3)22-42)33(37)35(45)40(21-7-2)27-17-15-26(38)16-18-27/h6-7,9-13,15-18,23-24,28,30-33,42H,1-2,8,14,19-22H2,3-5H3/t23-,24-,28+,30-,31-,32+,33+,37-/m1/s1. The summed E-state index contributed by atoms with van der Waals surface area (Å²) >= 11 is 6.13. The maximum absolute atomic E-state index is 14.6. The number of hydrogen-bond donors (Lipinski definition) is 1. The summed E-state index contributed by atoms with van der Waals surface area (Å²) in [5.41, 5.74) is -0.0450. The topological polar surface area (TPSA) is 117 Å². The number of fused-ring (bicyclic) bond motifs is 1. The summed E-state index contributed by atoms with van der Waals surface area (Å²) in [5.74, 6) is -3.57. The highest BCUT2D eigenvalue weighted by atomic mass is 35.5. The van der Waals surface area contributed by atoms with Crippen LogP contribution in [0.3, 0.4) is 0 Å². The number of nitrogens with zero attached hydrogens (tertiary/aromatic N) is 3. The van der Waals surface area contributed by atoms with Crippen molar-refractivity contribution in [2.75, 3.05) is 25.1 Å². The van der Waals surface area contributed by atoms with Crippen LogP contribution in [0.25, 0.3) is 0 Å². The molecule has 1 spiro atoms. The van der Waals surface area contributed by atoms with E-state index in [1.165, 1.54) is 9.80 Å². The van der Waals surface area contributed by atoms with E-state index in [4.69, 9.17) is 21.1 Å². The van der Waals surface area contributed by atoms with E-state index in [2.05, 4.69) is 13.2 Å². The molecular formula is C37H44ClN3O7. The van der Waals surface area contributed by atoms with Crippen molar-refractivity contribution in [1.29, 1.82) is 0 Å². The molecule has 48 heavy (non-hydrogen) atoms. The van der Waals surface area contributed by atoms with Crippen molar-refractivity contribution >= 4 is 41.0 Å². The van der Waals surface area contributed by atoms with Gasteiger partial charge in [-0.1, -0.05) is 54.1 Å². The molecule has 0 unspecified atom stereocenters. The highest BCUT2D eigenvalue weighted by Crippen LogP contribution is 2.59. The molecule has 10 nitrogen and oxygen atoms in total. The minimum Gasteiger partial charge on any atom is -0.455 e. The third-order valence-corrected chi connectivity index (χ3v) is 10.3. The van der Waals surface area contributed by atoms with Crippen LogP contribution in [0.2, 0.25) is 5.02 Å². The first-order valence-electron chi connectivity index (χ1n) is 16.4. The first-order chi connectivity index (χ1) is 23.0. The van der Waals surface area contributed by atoms with Crippen LogP contribution in [0.15, 0.2) is 79.9 Å². The molecule has 2 aromatic rings. The normalized spacial score (nSPS) is 25.9. The number of allylic oxidation sites excluding steroid dienone is 1. The molecule has 2 bridgehead atoms. The molecule has 3 fully saturated rings. The van der Waals surface area contributed by atoms with Crippen molar-refractivity contribution in [3.05, 3.63) is 90.5 Å². The van der Waals surface area contributed by atoms with E-state index in [9.17, 15) is 24.3 Å². The molecule has 3 heterocycles. The molecule has 5 rings (SSSR count). The number of ether oxygens (including phenoxy) is 2. The van der Waals surface area contributed by atoms with E-state index in [1.54, 1.807) is 55.3 Å². The van der Waals surface area contributed by atoms with Gasteiger partial charge in [-0.3, -0.25) is 19.2 Å². The number of halogens is 1. The average Bonchev–Trinajstić information content (AvgIpc) is 3.75. The van der Waals surface area contributed by atoms with Crippen LogP contribution in [-0.2, 0) is 28.7 Å². The molecular weight excluding hydrogens is 634 g/mol. The second kappa shape index (κ2) is 14.6. The monoisotopic (exact) mass is 677 g/mol. The van der Waals surface area contributed by atoms with Crippen LogP contribution < -0.4 is 4.90 Å². The van der Waals surface area contributed by atoms with E-state index in [0.717, 1.165) is 0 Å². The molecule has 3 saturated heterocycles. The molecule has 256 valence electrons. The van der Waals surface area contributed by atoms with Crippen molar-refractivity contribution in [3.8, 4) is 0 Å². The highest BCUT2D eigenvalue weighted by molar-refractivity contribution is 6.30. The lowest BCUT2D eigenvalue weighted by atomic mass is 9.70. The summed E-state index contributed by atoms with van der Waals surface area (Å²) in [6, 6.07) is 13.6. The van der Waals surface area contributed by atoms with Gasteiger partial charge in [-0.05, 0) is 62.9 Å². The van der Waals surface area contributed by atoms with Crippen LogP contribution in [0.4, 0.5) is 5.69 Å². The third-order valence-electron chi connectivity index (χ3n) is 10.1. The predicted molar refractivity (Wildman–Crippen MR) is 182 cm³/mol. The van der Waals surface area contributed by atoms with Gasteiger partial charge in [0.2, 0.25) is 11.8 Å². The van der Waals surface area contributed by atoms with Crippen molar-refractivity contribution in [2.24, 2.45) is 11.8 Å². The Bertz CT molecular complexity index is 1540. The largest absolute Gasteiger partial charge is 0.455 e. The fraction of sp³-hybridized carbons (Fsp3) is 0.459. The molecule has 3 aliphatic rings. The third kappa shape index (κ3) is 6.29. The van der Waals surface area contributed by atoms with Gasteiger partial charge >= 0.3 is 5.97 Å². The smallest absolute Gasteiger partial charge is 0.313 e. The lowest BCUT2D eigenvalue weighted by molar-refractivity contribution is -0.165. The van der Waals surface area contributed by atoms with E-state index >= 15 is 0 Å². The number of aliphatic hydroxyl groups excluding tert-OH is 1. The summed E-state index contributed by atoms with van der Waals surface area (Å²) < 4.78 is 12.9. The lowest BCUT2D eigenvalue weighted by Crippen LogP contribution is -2.58. The SMILES string of the molecule is C=CCCC(=O)N(C)[C@H](C)[C@H](OC(=O)[C@@H]1[C@@H]2CC[C@]3(O2)[C@H](C(=O)N(CC=C)c2ccc(Cl)cc2)N([C@H](C)CO)C(=O)[C@@H]13)c1ccccc1. The molecule has 0 aromatic heterocycles. The minimum absolute atomic E-state index is 0.118. The van der Waals surface area contributed by atoms with E-state index < -0.39 is 65.6 Å². The van der Waals surface area contributed by atoms with Gasteiger partial charge in [0.15, 0.2) is 0 Å². The van der Waals surface area contributed by atoms with Crippen LogP contribution in [0, 0.1) is 11.8 Å². The Morgan fingerprint density at radius 3 is 2.44 bits per heavy atom. The summed E-state index contributed by atoms with van der Waals surface area (Å²) in [6.45, 7) is 10.8. The number of rotatable bonds is 14. The number of carbonyl (C=O) groups is 4. The lowest BCUT2D eigenvalue weighted by Gasteiger charge is -2.38. The molecule has 0 aliphatic carbocycles. The molecule has 8 atom stereocenters. The Morgan fingerprint density at radius 2 is 1.81 bits per heavy atom. The summed E-state index contributed by atoms with van der Waals surface area (Å²) in [4.78, 5) is 60.8. The predicted octanol–water partition coefficient (Wildman–Crippen LogP) is 4.71. The van der Waals surface area contributed by atoms with Gasteiger partial charge in [-0.2, -0.15) is 0 Å². The number of anilines is 1. The van der Waals surface area contributed by atoms with Crippen LogP contribution in [0.1, 0.15) is 51.2 Å². The van der Waals surface area contributed by atoms with Crippen LogP contribution in [0.5, 0.6) is 0 Å². The molecule has 0 saturated carbocycles. The maximum atomic E-state index is 14.6. The zero-order valence-corrected chi connectivity index (χ0v) is 28.4. The van der Waals surface area contributed by atoms with E-state index in [-0.39, 0.29) is 25.5 Å². The van der Waals surface area contributed by atoms with E-state index in [0.29, 0.717) is 35.5 Å². The van der Waals surface area contributed by atoms with Gasteiger partial charge < -0.3 is 29.3 Å². The van der Waals surface area contributed by atoms with Crippen LogP contribution >= 0.6 is 11.6 Å². The van der Waals surface area contributed by atoms with Gasteiger partial charge in [-0.15, -0.1) is 13.2 Å². The van der Waals surface area contributed by atoms with Gasteiger partial charge in [0.25, 0.3) is 5.91 Å². The fourth-order valence-corrected chi connectivity index (χ4v) is 7.67. The zero-order valence-electron chi connectivity index (χ0n) is 27.7. The first-order valence-corrected chi connectivity index (χ1v) is 16.8. The van der Waals surface area contributed by atoms with Crippen LogP contribution in [-0.4, -0.2) is 88.6 Å². The Labute approximate surface area is 286 Å². The van der Waals surface area contributed by atoms with Crippen molar-refractivity contribution in [2.45, 2.75) is 75.5 Å². The molecule has 3 amide bonds. The molecule has 11 heteroatoms. The molecule has 2 aromatic carbocycles. The van der Waals surface area contributed by atoms with Gasteiger partial charge in [0.1, 0.15) is 17.7 Å².